The zero-order chi connectivity index (χ0) is 12.9. The number of pyridine rings is 1. The summed E-state index contributed by atoms with van der Waals surface area (Å²) in [5, 5.41) is 23.1. The fraction of sp³-hybridized carbons (Fsp3) is 0.545. The molecule has 17 heavy (non-hydrogen) atoms. The summed E-state index contributed by atoms with van der Waals surface area (Å²) >= 11 is 0. The lowest BCUT2D eigenvalue weighted by Crippen LogP contribution is -2.41. The summed E-state index contributed by atoms with van der Waals surface area (Å²) in [4.78, 5) is 14.2. The van der Waals surface area contributed by atoms with Gasteiger partial charge in [-0.25, -0.2) is 4.98 Å². The van der Waals surface area contributed by atoms with Gasteiger partial charge >= 0.3 is 0 Å². The van der Waals surface area contributed by atoms with Gasteiger partial charge in [0.05, 0.1) is 23.1 Å². The van der Waals surface area contributed by atoms with E-state index in [-0.39, 0.29) is 12.3 Å². The van der Waals surface area contributed by atoms with Gasteiger partial charge in [0.15, 0.2) is 0 Å². The van der Waals surface area contributed by atoms with Crippen LogP contribution in [0.5, 0.6) is 0 Å². The number of hydrogen-bond donors (Lipinski definition) is 2. The molecule has 0 unspecified atom stereocenters. The summed E-state index contributed by atoms with van der Waals surface area (Å²) in [7, 11) is 0. The van der Waals surface area contributed by atoms with Crippen molar-refractivity contribution in [2.45, 2.75) is 32.2 Å². The van der Waals surface area contributed by atoms with Crippen LogP contribution in [0.3, 0.4) is 0 Å². The summed E-state index contributed by atoms with van der Waals surface area (Å²) in [6.45, 7) is 3.86. The number of nitro groups is 1. The van der Waals surface area contributed by atoms with Crippen molar-refractivity contribution in [3.63, 3.8) is 0 Å². The van der Waals surface area contributed by atoms with Gasteiger partial charge in [-0.2, -0.15) is 0 Å². The number of hydrogen-bond acceptors (Lipinski definition) is 5. The Balaban J connectivity index is 2.93. The number of anilines is 1. The molecule has 2 N–H and O–H groups in total. The van der Waals surface area contributed by atoms with Gasteiger partial charge in [-0.3, -0.25) is 10.1 Å². The van der Waals surface area contributed by atoms with E-state index >= 15 is 0 Å². The lowest BCUT2D eigenvalue weighted by molar-refractivity contribution is -0.384. The molecule has 1 aromatic rings. The second-order valence-corrected chi connectivity index (χ2v) is 3.93. The Hall–Kier alpha value is -1.69. The maximum atomic E-state index is 10.6. The number of rotatable bonds is 6. The zero-order valence-electron chi connectivity index (χ0n) is 10.0. The van der Waals surface area contributed by atoms with Crippen molar-refractivity contribution in [2.75, 3.05) is 11.9 Å². The van der Waals surface area contributed by atoms with Crippen molar-refractivity contribution >= 4 is 11.5 Å². The van der Waals surface area contributed by atoms with E-state index in [0.717, 1.165) is 0 Å². The summed E-state index contributed by atoms with van der Waals surface area (Å²) in [6.07, 6.45) is 2.81. The van der Waals surface area contributed by atoms with Crippen molar-refractivity contribution < 1.29 is 10.0 Å². The molecule has 0 fully saturated rings. The van der Waals surface area contributed by atoms with E-state index in [0.29, 0.717) is 18.7 Å². The topological polar surface area (TPSA) is 88.3 Å². The Kier molecular flexibility index (Phi) is 4.39. The number of aliphatic hydroxyl groups is 1. The standard InChI is InChI=1S/C11H17N3O3/c1-3-11(4-2,8-15)13-10-7-9(14(16)17)5-6-12-10/h5-7,15H,3-4,8H2,1-2H3,(H,12,13). The van der Waals surface area contributed by atoms with Gasteiger partial charge in [-0.05, 0) is 12.8 Å². The first-order chi connectivity index (χ1) is 8.06. The molecule has 0 amide bonds. The summed E-state index contributed by atoms with van der Waals surface area (Å²) < 4.78 is 0. The van der Waals surface area contributed by atoms with Gasteiger partial charge in [0.25, 0.3) is 5.69 Å². The molecule has 1 rings (SSSR count). The summed E-state index contributed by atoms with van der Waals surface area (Å²) in [6, 6.07) is 2.71. The van der Waals surface area contributed by atoms with E-state index in [1.54, 1.807) is 0 Å². The fourth-order valence-corrected chi connectivity index (χ4v) is 1.56. The molecule has 1 heterocycles. The SMILES string of the molecule is CCC(CC)(CO)Nc1cc([N+](=O)[O-])ccn1. The maximum Gasteiger partial charge on any atom is 0.274 e. The monoisotopic (exact) mass is 239 g/mol. The minimum Gasteiger partial charge on any atom is -0.394 e. The second kappa shape index (κ2) is 5.58. The predicted molar refractivity (Wildman–Crippen MR) is 64.9 cm³/mol. The number of aliphatic hydroxyl groups excluding tert-OH is 1. The molecule has 0 radical (unpaired) electrons. The number of aromatic nitrogens is 1. The van der Waals surface area contributed by atoms with Crippen molar-refractivity contribution in [2.24, 2.45) is 0 Å². The normalized spacial score (nSPS) is 11.2. The molecular weight excluding hydrogens is 222 g/mol. The molecule has 0 atom stereocenters. The Bertz CT molecular complexity index is 383. The van der Waals surface area contributed by atoms with Gasteiger partial charge in [-0.1, -0.05) is 13.8 Å². The highest BCUT2D eigenvalue weighted by Crippen LogP contribution is 2.22. The number of nitrogens with one attached hydrogen (secondary N) is 1. The Morgan fingerprint density at radius 3 is 2.65 bits per heavy atom. The molecule has 0 saturated carbocycles. The van der Waals surface area contributed by atoms with Crippen LogP contribution in [-0.2, 0) is 0 Å². The molecule has 94 valence electrons. The zero-order valence-corrected chi connectivity index (χ0v) is 10.0. The van der Waals surface area contributed by atoms with E-state index in [1.165, 1.54) is 18.3 Å². The minimum absolute atomic E-state index is 0.0125. The van der Waals surface area contributed by atoms with Crippen molar-refractivity contribution in [3.05, 3.63) is 28.4 Å². The van der Waals surface area contributed by atoms with Crippen LogP contribution >= 0.6 is 0 Å². The predicted octanol–water partition coefficient (Wildman–Crippen LogP) is 1.95. The third kappa shape index (κ3) is 3.13. The third-order valence-electron chi connectivity index (χ3n) is 3.00. The average Bonchev–Trinajstić information content (AvgIpc) is 2.36. The quantitative estimate of drug-likeness (QED) is 0.585. The van der Waals surface area contributed by atoms with Crippen molar-refractivity contribution in [1.29, 1.82) is 0 Å². The van der Waals surface area contributed by atoms with Crippen LogP contribution in [0, 0.1) is 10.1 Å². The molecule has 1 aromatic heterocycles. The molecular formula is C11H17N3O3. The van der Waals surface area contributed by atoms with E-state index < -0.39 is 10.5 Å². The Labute approximate surface area is 99.8 Å². The molecule has 0 saturated heterocycles. The highest BCUT2D eigenvalue weighted by molar-refractivity contribution is 5.46. The van der Waals surface area contributed by atoms with Crippen LogP contribution in [0.1, 0.15) is 26.7 Å². The van der Waals surface area contributed by atoms with Crippen molar-refractivity contribution in [3.8, 4) is 0 Å². The molecule has 0 spiro atoms. The van der Waals surface area contributed by atoms with Gasteiger partial charge in [-0.15, -0.1) is 0 Å². The largest absolute Gasteiger partial charge is 0.394 e. The average molecular weight is 239 g/mol. The second-order valence-electron chi connectivity index (χ2n) is 3.93. The number of nitrogens with zero attached hydrogens (tertiary/aromatic N) is 2. The van der Waals surface area contributed by atoms with Gasteiger partial charge in [0, 0.05) is 12.3 Å². The first-order valence-electron chi connectivity index (χ1n) is 5.56. The van der Waals surface area contributed by atoms with Crippen LogP contribution in [0.25, 0.3) is 0 Å². The van der Waals surface area contributed by atoms with E-state index in [2.05, 4.69) is 10.3 Å². The van der Waals surface area contributed by atoms with E-state index in [9.17, 15) is 15.2 Å². The van der Waals surface area contributed by atoms with Crippen LogP contribution in [0.15, 0.2) is 18.3 Å². The first kappa shape index (κ1) is 13.4. The van der Waals surface area contributed by atoms with Gasteiger partial charge in [0.2, 0.25) is 0 Å². The van der Waals surface area contributed by atoms with Gasteiger partial charge in [0.1, 0.15) is 5.82 Å². The highest BCUT2D eigenvalue weighted by atomic mass is 16.6. The molecule has 6 heteroatoms. The lowest BCUT2D eigenvalue weighted by atomic mass is 9.94. The van der Waals surface area contributed by atoms with Crippen molar-refractivity contribution in [1.82, 2.24) is 4.98 Å². The highest BCUT2D eigenvalue weighted by Gasteiger charge is 2.25. The van der Waals surface area contributed by atoms with Crippen LogP contribution in [0.4, 0.5) is 11.5 Å². The van der Waals surface area contributed by atoms with E-state index in [1.807, 2.05) is 13.8 Å². The third-order valence-corrected chi connectivity index (χ3v) is 3.00. The fourth-order valence-electron chi connectivity index (χ4n) is 1.56. The van der Waals surface area contributed by atoms with Crippen LogP contribution < -0.4 is 5.32 Å². The van der Waals surface area contributed by atoms with E-state index in [4.69, 9.17) is 0 Å². The Morgan fingerprint density at radius 1 is 1.53 bits per heavy atom. The van der Waals surface area contributed by atoms with Crippen LogP contribution in [-0.4, -0.2) is 27.2 Å². The van der Waals surface area contributed by atoms with Gasteiger partial charge < -0.3 is 10.4 Å². The van der Waals surface area contributed by atoms with Crippen LogP contribution in [0.2, 0.25) is 0 Å². The molecule has 0 aliphatic carbocycles. The molecule has 0 aliphatic heterocycles. The lowest BCUT2D eigenvalue weighted by Gasteiger charge is -2.31. The molecule has 0 aromatic carbocycles. The molecule has 6 nitrogen and oxygen atoms in total. The Morgan fingerprint density at radius 2 is 2.18 bits per heavy atom. The molecule has 0 aliphatic rings. The summed E-state index contributed by atoms with van der Waals surface area (Å²) in [5.41, 5.74) is -0.482. The first-order valence-corrected chi connectivity index (χ1v) is 5.56. The maximum absolute atomic E-state index is 10.6. The molecule has 0 bridgehead atoms. The smallest absolute Gasteiger partial charge is 0.274 e. The summed E-state index contributed by atoms with van der Waals surface area (Å²) in [5.74, 6) is 0.414. The minimum atomic E-state index is -0.470.